The van der Waals surface area contributed by atoms with Crippen LogP contribution in [0.25, 0.3) is 0 Å². The van der Waals surface area contributed by atoms with Crippen molar-refractivity contribution in [1.82, 2.24) is 9.80 Å². The second kappa shape index (κ2) is 7.68. The molecule has 0 spiro atoms. The Morgan fingerprint density at radius 3 is 2.80 bits per heavy atom. The maximum atomic E-state index is 2.73. The zero-order chi connectivity index (χ0) is 14.4. The second-order valence-corrected chi connectivity index (χ2v) is 6.21. The van der Waals surface area contributed by atoms with E-state index in [1.807, 2.05) is 0 Å². The van der Waals surface area contributed by atoms with Gasteiger partial charge in [0, 0.05) is 31.9 Å². The highest BCUT2D eigenvalue weighted by Crippen LogP contribution is 2.31. The van der Waals surface area contributed by atoms with Crippen molar-refractivity contribution >= 4 is 0 Å². The van der Waals surface area contributed by atoms with Crippen LogP contribution < -0.4 is 0 Å². The first kappa shape index (κ1) is 15.4. The highest BCUT2D eigenvalue weighted by molar-refractivity contribution is 5.23. The van der Waals surface area contributed by atoms with Crippen LogP contribution in [0.3, 0.4) is 0 Å². The number of allylic oxidation sites excluding steroid dienone is 4. The van der Waals surface area contributed by atoms with Gasteiger partial charge in [-0.3, -0.25) is 4.90 Å². The van der Waals surface area contributed by atoms with Crippen LogP contribution in [0.2, 0.25) is 0 Å². The van der Waals surface area contributed by atoms with E-state index < -0.39 is 0 Å². The average molecular weight is 274 g/mol. The third-order valence-corrected chi connectivity index (χ3v) is 4.54. The number of hydrogen-bond acceptors (Lipinski definition) is 2. The SMILES string of the molecule is CC\C=C/C(=C\C=C\C1CC[C@H]2CCCCN12)N(C)C. The maximum absolute atomic E-state index is 2.73. The van der Waals surface area contributed by atoms with E-state index in [1.165, 1.54) is 44.3 Å². The van der Waals surface area contributed by atoms with Gasteiger partial charge in [0.15, 0.2) is 0 Å². The molecule has 0 radical (unpaired) electrons. The van der Waals surface area contributed by atoms with Gasteiger partial charge in [0.2, 0.25) is 0 Å². The predicted molar refractivity (Wildman–Crippen MR) is 87.7 cm³/mol. The molecule has 2 saturated heterocycles. The molecule has 0 aromatic rings. The first-order chi connectivity index (χ1) is 9.72. The molecule has 2 nitrogen and oxygen atoms in total. The fraction of sp³-hybridized carbons (Fsp3) is 0.667. The fourth-order valence-electron chi connectivity index (χ4n) is 3.38. The summed E-state index contributed by atoms with van der Waals surface area (Å²) >= 11 is 0. The Morgan fingerprint density at radius 1 is 1.20 bits per heavy atom. The first-order valence-electron chi connectivity index (χ1n) is 8.20. The van der Waals surface area contributed by atoms with Gasteiger partial charge in [0.05, 0.1) is 0 Å². The molecule has 2 rings (SSSR count). The molecule has 2 aliphatic rings. The Kier molecular flexibility index (Phi) is 5.90. The minimum atomic E-state index is 0.676. The van der Waals surface area contributed by atoms with Gasteiger partial charge in [-0.1, -0.05) is 31.6 Å². The van der Waals surface area contributed by atoms with E-state index in [0.29, 0.717) is 6.04 Å². The summed E-state index contributed by atoms with van der Waals surface area (Å²) in [6, 6.07) is 1.55. The highest BCUT2D eigenvalue weighted by atomic mass is 15.2. The van der Waals surface area contributed by atoms with E-state index in [0.717, 1.165) is 12.5 Å². The molecular formula is C18H30N2. The van der Waals surface area contributed by atoms with E-state index in [-0.39, 0.29) is 0 Å². The molecule has 112 valence electrons. The number of likely N-dealkylation sites (N-methyl/N-ethyl adjacent to an activating group) is 1. The molecule has 1 unspecified atom stereocenters. The van der Waals surface area contributed by atoms with Crippen molar-refractivity contribution in [2.24, 2.45) is 0 Å². The van der Waals surface area contributed by atoms with Gasteiger partial charge < -0.3 is 4.90 Å². The summed E-state index contributed by atoms with van der Waals surface area (Å²) in [6.07, 6.45) is 19.4. The third-order valence-electron chi connectivity index (χ3n) is 4.54. The van der Waals surface area contributed by atoms with Crippen LogP contribution in [-0.2, 0) is 0 Å². The summed E-state index contributed by atoms with van der Waals surface area (Å²) in [4.78, 5) is 4.90. The number of hydrogen-bond donors (Lipinski definition) is 0. The fourth-order valence-corrected chi connectivity index (χ4v) is 3.38. The van der Waals surface area contributed by atoms with Crippen LogP contribution in [0.5, 0.6) is 0 Å². The van der Waals surface area contributed by atoms with Crippen LogP contribution in [0.4, 0.5) is 0 Å². The minimum absolute atomic E-state index is 0.676. The lowest BCUT2D eigenvalue weighted by Crippen LogP contribution is -2.38. The summed E-state index contributed by atoms with van der Waals surface area (Å²) in [5.41, 5.74) is 1.27. The van der Waals surface area contributed by atoms with Crippen molar-refractivity contribution in [3.63, 3.8) is 0 Å². The Hall–Kier alpha value is -1.02. The predicted octanol–water partition coefficient (Wildman–Crippen LogP) is 3.97. The zero-order valence-corrected chi connectivity index (χ0v) is 13.4. The first-order valence-corrected chi connectivity index (χ1v) is 8.20. The Bertz CT molecular complexity index is 379. The smallest absolute Gasteiger partial charge is 0.0357 e. The lowest BCUT2D eigenvalue weighted by atomic mass is 10.0. The third kappa shape index (κ3) is 3.99. The van der Waals surface area contributed by atoms with E-state index in [9.17, 15) is 0 Å². The molecular weight excluding hydrogens is 244 g/mol. The molecule has 2 fully saturated rings. The highest BCUT2D eigenvalue weighted by Gasteiger charge is 2.32. The van der Waals surface area contributed by atoms with Crippen molar-refractivity contribution in [1.29, 1.82) is 0 Å². The molecule has 0 aliphatic carbocycles. The van der Waals surface area contributed by atoms with Crippen LogP contribution >= 0.6 is 0 Å². The molecule has 2 aliphatic heterocycles. The van der Waals surface area contributed by atoms with Gasteiger partial charge in [0.25, 0.3) is 0 Å². The van der Waals surface area contributed by atoms with Crippen molar-refractivity contribution in [2.75, 3.05) is 20.6 Å². The lowest BCUT2D eigenvalue weighted by Gasteiger charge is -2.32. The van der Waals surface area contributed by atoms with E-state index in [4.69, 9.17) is 0 Å². The van der Waals surface area contributed by atoms with Gasteiger partial charge in [-0.05, 0) is 50.8 Å². The van der Waals surface area contributed by atoms with Gasteiger partial charge >= 0.3 is 0 Å². The molecule has 2 atom stereocenters. The number of nitrogens with zero attached hydrogens (tertiary/aromatic N) is 2. The van der Waals surface area contributed by atoms with E-state index in [2.05, 4.69) is 61.2 Å². The summed E-state index contributed by atoms with van der Waals surface area (Å²) in [5.74, 6) is 0. The maximum Gasteiger partial charge on any atom is 0.0357 e. The zero-order valence-electron chi connectivity index (χ0n) is 13.4. The molecule has 0 saturated carbocycles. The quantitative estimate of drug-likeness (QED) is 0.700. The van der Waals surface area contributed by atoms with Crippen molar-refractivity contribution < 1.29 is 0 Å². The lowest BCUT2D eigenvalue weighted by molar-refractivity contribution is 0.170. The largest absolute Gasteiger partial charge is 0.378 e. The Balaban J connectivity index is 1.95. The van der Waals surface area contributed by atoms with Crippen LogP contribution in [0.1, 0.15) is 45.4 Å². The van der Waals surface area contributed by atoms with Crippen LogP contribution in [0.15, 0.2) is 36.1 Å². The summed E-state index contributed by atoms with van der Waals surface area (Å²) in [6.45, 7) is 3.48. The summed E-state index contributed by atoms with van der Waals surface area (Å²) in [5, 5.41) is 0. The van der Waals surface area contributed by atoms with Gasteiger partial charge in [-0.2, -0.15) is 0 Å². The Labute approximate surface area is 124 Å². The monoisotopic (exact) mass is 274 g/mol. The van der Waals surface area contributed by atoms with Gasteiger partial charge in [-0.25, -0.2) is 0 Å². The molecule has 0 aromatic carbocycles. The van der Waals surface area contributed by atoms with E-state index in [1.54, 1.807) is 0 Å². The number of piperidine rings is 1. The average Bonchev–Trinajstić information content (AvgIpc) is 2.85. The molecule has 0 N–H and O–H groups in total. The van der Waals surface area contributed by atoms with Gasteiger partial charge in [-0.15, -0.1) is 0 Å². The molecule has 20 heavy (non-hydrogen) atoms. The van der Waals surface area contributed by atoms with Crippen molar-refractivity contribution in [3.05, 3.63) is 36.1 Å². The summed E-state index contributed by atoms with van der Waals surface area (Å²) in [7, 11) is 4.21. The molecule has 0 bridgehead atoms. The van der Waals surface area contributed by atoms with Crippen molar-refractivity contribution in [3.8, 4) is 0 Å². The van der Waals surface area contributed by atoms with Crippen molar-refractivity contribution in [2.45, 2.75) is 57.5 Å². The molecule has 0 aromatic heterocycles. The standard InChI is InChI=1S/C18H30N2/c1-4-5-9-16(19(2)3)11-8-12-18-14-13-17-10-6-7-15-20(17)18/h5,8-9,11-12,17-18H,4,6-7,10,13-15H2,1-3H3/b9-5-,12-8+,16-11+/t17-,18?/m1/s1. The second-order valence-electron chi connectivity index (χ2n) is 6.21. The Morgan fingerprint density at radius 2 is 2.05 bits per heavy atom. The summed E-state index contributed by atoms with van der Waals surface area (Å²) < 4.78 is 0. The van der Waals surface area contributed by atoms with Gasteiger partial charge in [0.1, 0.15) is 0 Å². The topological polar surface area (TPSA) is 6.48 Å². The number of rotatable bonds is 5. The van der Waals surface area contributed by atoms with Crippen LogP contribution in [0, 0.1) is 0 Å². The number of fused-ring (bicyclic) bond motifs is 1. The molecule has 0 amide bonds. The normalized spacial score (nSPS) is 28.4. The molecule has 2 heterocycles. The minimum Gasteiger partial charge on any atom is -0.378 e. The van der Waals surface area contributed by atoms with Crippen LogP contribution in [-0.4, -0.2) is 42.5 Å². The molecule has 2 heteroatoms. The van der Waals surface area contributed by atoms with E-state index >= 15 is 0 Å².